The molecule has 1 saturated heterocycles. The van der Waals surface area contributed by atoms with Crippen LogP contribution in [0, 0.1) is 5.92 Å². The van der Waals surface area contributed by atoms with E-state index >= 15 is 0 Å². The number of hydrogen-bond donors (Lipinski definition) is 2. The van der Waals surface area contributed by atoms with Crippen LogP contribution in [-0.4, -0.2) is 41.7 Å². The second-order valence-electron chi connectivity index (χ2n) is 5.92. The smallest absolute Gasteiger partial charge is 0.118 e. The molecule has 2 N–H and O–H groups in total. The Kier molecular flexibility index (Phi) is 4.37. The van der Waals surface area contributed by atoms with Gasteiger partial charge >= 0.3 is 0 Å². The molecule has 1 heterocycles. The van der Waals surface area contributed by atoms with Gasteiger partial charge in [-0.2, -0.15) is 0 Å². The molecule has 1 aliphatic heterocycles. The average molecular weight is 280 g/mol. The zero-order chi connectivity index (χ0) is 14.9. The molecular weight excluding hydrogens is 256 g/mol. The third kappa shape index (κ3) is 2.55. The maximum Gasteiger partial charge on any atom is 0.118 e. The molecule has 1 aromatic rings. The van der Waals surface area contributed by atoms with Crippen LogP contribution in [0.1, 0.15) is 32.3 Å². The SMILES string of the molecule is COc1ccc([C@H](C)[C@H]2O[C@](C)(CO)[C@H](O)[C@H]2C)cc1. The van der Waals surface area contributed by atoms with Gasteiger partial charge in [0.05, 0.1) is 25.9 Å². The summed E-state index contributed by atoms with van der Waals surface area (Å²) < 4.78 is 11.1. The van der Waals surface area contributed by atoms with Gasteiger partial charge in [0.2, 0.25) is 0 Å². The third-order valence-electron chi connectivity index (χ3n) is 4.50. The summed E-state index contributed by atoms with van der Waals surface area (Å²) in [7, 11) is 1.64. The van der Waals surface area contributed by atoms with E-state index in [2.05, 4.69) is 6.92 Å². The molecule has 0 amide bonds. The lowest BCUT2D eigenvalue weighted by Gasteiger charge is -2.26. The Morgan fingerprint density at radius 1 is 1.35 bits per heavy atom. The van der Waals surface area contributed by atoms with Gasteiger partial charge < -0.3 is 19.7 Å². The molecule has 0 bridgehead atoms. The number of aliphatic hydroxyl groups excluding tert-OH is 2. The van der Waals surface area contributed by atoms with Crippen LogP contribution in [0.5, 0.6) is 5.75 Å². The van der Waals surface area contributed by atoms with Crippen LogP contribution in [0.4, 0.5) is 0 Å². The van der Waals surface area contributed by atoms with Gasteiger partial charge in [-0.3, -0.25) is 0 Å². The molecule has 0 unspecified atom stereocenters. The summed E-state index contributed by atoms with van der Waals surface area (Å²) >= 11 is 0. The molecule has 1 fully saturated rings. The third-order valence-corrected chi connectivity index (χ3v) is 4.50. The molecule has 0 spiro atoms. The zero-order valence-corrected chi connectivity index (χ0v) is 12.5. The molecule has 112 valence electrons. The number of benzene rings is 1. The molecule has 0 aliphatic carbocycles. The molecule has 4 heteroatoms. The molecular formula is C16H24O4. The van der Waals surface area contributed by atoms with E-state index in [1.54, 1.807) is 14.0 Å². The van der Waals surface area contributed by atoms with Crippen LogP contribution in [0.25, 0.3) is 0 Å². The predicted molar refractivity (Wildman–Crippen MR) is 76.9 cm³/mol. The van der Waals surface area contributed by atoms with Gasteiger partial charge in [0.25, 0.3) is 0 Å². The van der Waals surface area contributed by atoms with Gasteiger partial charge in [0.1, 0.15) is 11.4 Å². The van der Waals surface area contributed by atoms with Crippen molar-refractivity contribution >= 4 is 0 Å². The summed E-state index contributed by atoms with van der Waals surface area (Å²) in [6, 6.07) is 7.88. The van der Waals surface area contributed by atoms with Crippen molar-refractivity contribution in [3.63, 3.8) is 0 Å². The standard InChI is InChI=1S/C16H24O4/c1-10(12-5-7-13(19-4)8-6-12)14-11(2)15(18)16(3,9-17)20-14/h5-8,10-11,14-15,17-18H,9H2,1-4H3/t10-,11-,14+,15+,16+/m0/s1. The van der Waals surface area contributed by atoms with Crippen molar-refractivity contribution in [3.05, 3.63) is 29.8 Å². The number of rotatable bonds is 4. The van der Waals surface area contributed by atoms with E-state index in [9.17, 15) is 10.2 Å². The Morgan fingerprint density at radius 2 is 1.95 bits per heavy atom. The Morgan fingerprint density at radius 3 is 2.40 bits per heavy atom. The lowest BCUT2D eigenvalue weighted by molar-refractivity contribution is -0.102. The highest BCUT2D eigenvalue weighted by Gasteiger charge is 2.50. The van der Waals surface area contributed by atoms with E-state index in [0.717, 1.165) is 11.3 Å². The van der Waals surface area contributed by atoms with Gasteiger partial charge in [-0.05, 0) is 24.6 Å². The van der Waals surface area contributed by atoms with Gasteiger partial charge in [-0.1, -0.05) is 26.0 Å². The fraction of sp³-hybridized carbons (Fsp3) is 0.625. The number of hydrogen-bond acceptors (Lipinski definition) is 4. The molecule has 1 aromatic carbocycles. The van der Waals surface area contributed by atoms with E-state index in [0.29, 0.717) is 0 Å². The van der Waals surface area contributed by atoms with Crippen molar-refractivity contribution in [1.82, 2.24) is 0 Å². The molecule has 0 aromatic heterocycles. The van der Waals surface area contributed by atoms with Crippen molar-refractivity contribution in [2.24, 2.45) is 5.92 Å². The zero-order valence-electron chi connectivity index (χ0n) is 12.5. The van der Waals surface area contributed by atoms with E-state index in [4.69, 9.17) is 9.47 Å². The summed E-state index contributed by atoms with van der Waals surface area (Å²) in [5.74, 6) is 0.935. The highest BCUT2D eigenvalue weighted by atomic mass is 16.5. The van der Waals surface area contributed by atoms with Crippen molar-refractivity contribution in [3.8, 4) is 5.75 Å². The quantitative estimate of drug-likeness (QED) is 0.885. The monoisotopic (exact) mass is 280 g/mol. The molecule has 0 radical (unpaired) electrons. The summed E-state index contributed by atoms with van der Waals surface area (Å²) in [4.78, 5) is 0. The fourth-order valence-corrected chi connectivity index (χ4v) is 3.01. The highest BCUT2D eigenvalue weighted by Crippen LogP contribution is 2.41. The molecule has 20 heavy (non-hydrogen) atoms. The lowest BCUT2D eigenvalue weighted by atomic mass is 9.84. The molecule has 2 rings (SSSR count). The molecule has 4 nitrogen and oxygen atoms in total. The second kappa shape index (κ2) is 5.72. The summed E-state index contributed by atoms with van der Waals surface area (Å²) in [6.45, 7) is 5.63. The Labute approximate surface area is 120 Å². The molecule has 5 atom stereocenters. The van der Waals surface area contributed by atoms with E-state index in [1.165, 1.54) is 0 Å². The van der Waals surface area contributed by atoms with Crippen LogP contribution in [0.15, 0.2) is 24.3 Å². The summed E-state index contributed by atoms with van der Waals surface area (Å²) in [6.07, 6.45) is -0.770. The minimum atomic E-state index is -0.870. The first-order valence-corrected chi connectivity index (χ1v) is 7.03. The maximum atomic E-state index is 10.3. The summed E-state index contributed by atoms with van der Waals surface area (Å²) in [5.41, 5.74) is 0.266. The fourth-order valence-electron chi connectivity index (χ4n) is 3.01. The van der Waals surface area contributed by atoms with Gasteiger partial charge in [0.15, 0.2) is 0 Å². The molecule has 1 aliphatic rings. The van der Waals surface area contributed by atoms with E-state index < -0.39 is 11.7 Å². The lowest BCUT2D eigenvalue weighted by Crippen LogP contribution is -2.41. The van der Waals surface area contributed by atoms with Crippen molar-refractivity contribution in [2.75, 3.05) is 13.7 Å². The Bertz CT molecular complexity index is 444. The van der Waals surface area contributed by atoms with Crippen LogP contribution in [0.2, 0.25) is 0 Å². The van der Waals surface area contributed by atoms with Crippen molar-refractivity contribution in [2.45, 2.75) is 44.5 Å². The minimum Gasteiger partial charge on any atom is -0.497 e. The second-order valence-corrected chi connectivity index (χ2v) is 5.92. The summed E-state index contributed by atoms with van der Waals surface area (Å²) in [5, 5.41) is 19.7. The predicted octanol–water partition coefficient (Wildman–Crippen LogP) is 1.95. The van der Waals surface area contributed by atoms with Crippen LogP contribution < -0.4 is 4.74 Å². The van der Waals surface area contributed by atoms with E-state index in [1.807, 2.05) is 31.2 Å². The topological polar surface area (TPSA) is 58.9 Å². The first kappa shape index (κ1) is 15.3. The Hall–Kier alpha value is -1.10. The number of methoxy groups -OCH3 is 1. The van der Waals surface area contributed by atoms with Crippen molar-refractivity contribution in [1.29, 1.82) is 0 Å². The highest BCUT2D eigenvalue weighted by molar-refractivity contribution is 5.30. The van der Waals surface area contributed by atoms with E-state index in [-0.39, 0.29) is 24.5 Å². The van der Waals surface area contributed by atoms with Gasteiger partial charge in [-0.25, -0.2) is 0 Å². The van der Waals surface area contributed by atoms with Crippen LogP contribution >= 0.6 is 0 Å². The minimum absolute atomic E-state index is 0.0238. The first-order chi connectivity index (χ1) is 9.42. The van der Waals surface area contributed by atoms with Gasteiger partial charge in [0, 0.05) is 11.8 Å². The normalized spacial score (nSPS) is 35.0. The average Bonchev–Trinajstić information content (AvgIpc) is 2.72. The van der Waals surface area contributed by atoms with Gasteiger partial charge in [-0.15, -0.1) is 0 Å². The number of ether oxygens (including phenoxy) is 2. The number of aliphatic hydroxyl groups is 2. The largest absolute Gasteiger partial charge is 0.497 e. The van der Waals surface area contributed by atoms with Crippen LogP contribution in [0.3, 0.4) is 0 Å². The van der Waals surface area contributed by atoms with Crippen LogP contribution in [-0.2, 0) is 4.74 Å². The first-order valence-electron chi connectivity index (χ1n) is 7.03. The Balaban J connectivity index is 2.18. The maximum absolute atomic E-state index is 10.3. The molecule has 0 saturated carbocycles. The van der Waals surface area contributed by atoms with Crippen molar-refractivity contribution < 1.29 is 19.7 Å².